The number of para-hydroxylation sites is 2. The Balaban J connectivity index is 1.02. The van der Waals surface area contributed by atoms with Crippen molar-refractivity contribution in [2.45, 2.75) is 50.6 Å². The summed E-state index contributed by atoms with van der Waals surface area (Å²) in [5.74, 6) is 3.62. The third-order valence-electron chi connectivity index (χ3n) is 10.6. The molecule has 0 saturated carbocycles. The molecule has 2 fully saturated rings. The number of fused-ring (bicyclic) bond motifs is 1. The number of hydrogen-bond donors (Lipinski definition) is 1. The van der Waals surface area contributed by atoms with Crippen LogP contribution in [-0.4, -0.2) is 85.4 Å². The Bertz CT molecular complexity index is 1960. The lowest BCUT2D eigenvalue weighted by atomic mass is 9.76. The van der Waals surface area contributed by atoms with E-state index in [4.69, 9.17) is 23.6 Å². The van der Waals surface area contributed by atoms with Gasteiger partial charge in [-0.05, 0) is 93.2 Å². The van der Waals surface area contributed by atoms with E-state index in [0.29, 0.717) is 48.5 Å². The first kappa shape index (κ1) is 34.4. The fraction of sp³-hybridized carbons (Fsp3) is 0.400. The molecule has 7 rings (SSSR count). The Morgan fingerprint density at radius 3 is 2.35 bits per heavy atom. The Hall–Kier alpha value is -5.03. The number of imidazole rings is 1. The van der Waals surface area contributed by atoms with Gasteiger partial charge in [-0.3, -0.25) is 4.79 Å². The van der Waals surface area contributed by atoms with Crippen LogP contribution in [0.4, 0.5) is 10.3 Å². The van der Waals surface area contributed by atoms with Crippen molar-refractivity contribution in [1.82, 2.24) is 19.4 Å². The maximum absolute atomic E-state index is 14.1. The second-order valence-electron chi connectivity index (χ2n) is 13.7. The molecule has 0 spiro atoms. The molecule has 3 aromatic carbocycles. The molecule has 0 aliphatic carbocycles. The second kappa shape index (κ2) is 14.7. The first-order chi connectivity index (χ1) is 24.8. The van der Waals surface area contributed by atoms with Crippen LogP contribution >= 0.6 is 0 Å². The van der Waals surface area contributed by atoms with E-state index in [1.165, 1.54) is 12.1 Å². The Morgan fingerprint density at radius 1 is 0.961 bits per heavy atom. The van der Waals surface area contributed by atoms with Gasteiger partial charge >= 0.3 is 0 Å². The van der Waals surface area contributed by atoms with Crippen molar-refractivity contribution in [3.05, 3.63) is 101 Å². The van der Waals surface area contributed by atoms with Crippen molar-refractivity contribution in [2.75, 3.05) is 59.4 Å². The lowest BCUT2D eigenvalue weighted by molar-refractivity contribution is 0.0779. The zero-order chi connectivity index (χ0) is 35.5. The third kappa shape index (κ3) is 7.12. The van der Waals surface area contributed by atoms with Crippen molar-refractivity contribution in [3.8, 4) is 17.2 Å². The summed E-state index contributed by atoms with van der Waals surface area (Å²) in [6, 6.07) is 22.7. The molecule has 0 bridgehead atoms. The smallest absolute Gasteiger partial charge is 0.254 e. The number of amides is 1. The van der Waals surface area contributed by atoms with Crippen LogP contribution in [0.3, 0.4) is 0 Å². The predicted octanol–water partition coefficient (Wildman–Crippen LogP) is 6.90. The lowest BCUT2D eigenvalue weighted by Crippen LogP contribution is -2.42. The van der Waals surface area contributed by atoms with E-state index >= 15 is 0 Å². The number of furan rings is 1. The highest BCUT2D eigenvalue weighted by molar-refractivity contribution is 5.96. The van der Waals surface area contributed by atoms with E-state index in [0.717, 1.165) is 79.4 Å². The summed E-state index contributed by atoms with van der Waals surface area (Å²) in [5, 5.41) is 3.76. The van der Waals surface area contributed by atoms with Crippen LogP contribution in [0.2, 0.25) is 0 Å². The Morgan fingerprint density at radius 2 is 1.69 bits per heavy atom. The first-order valence-electron chi connectivity index (χ1n) is 17.6. The van der Waals surface area contributed by atoms with Gasteiger partial charge in [0.05, 0.1) is 38.9 Å². The van der Waals surface area contributed by atoms with E-state index in [-0.39, 0.29) is 17.1 Å². The van der Waals surface area contributed by atoms with E-state index < -0.39 is 0 Å². The number of aromatic nitrogens is 2. The highest BCUT2D eigenvalue weighted by atomic mass is 19.1. The summed E-state index contributed by atoms with van der Waals surface area (Å²) in [6.45, 7) is 6.48. The van der Waals surface area contributed by atoms with Crippen LogP contribution in [0.25, 0.3) is 11.0 Å². The number of piperidine rings is 1. The SMILES string of the molecule is COc1cc(C(=O)N2CCC(CCN3CCC(Nc4nc5ccccc5n4Cc4ccc(C)o4)CC3)(c3ccc(F)cc3)C2)cc(OC)c1OC. The van der Waals surface area contributed by atoms with Crippen LogP contribution in [-0.2, 0) is 12.0 Å². The zero-order valence-corrected chi connectivity index (χ0v) is 29.8. The van der Waals surface area contributed by atoms with Crippen molar-refractivity contribution in [1.29, 1.82) is 0 Å². The minimum absolute atomic E-state index is 0.0988. The molecule has 11 heteroatoms. The van der Waals surface area contributed by atoms with Crippen LogP contribution in [0.15, 0.2) is 77.2 Å². The van der Waals surface area contributed by atoms with Gasteiger partial charge in [0.25, 0.3) is 5.91 Å². The van der Waals surface area contributed by atoms with E-state index in [1.54, 1.807) is 33.5 Å². The fourth-order valence-electron chi connectivity index (χ4n) is 7.75. The molecule has 1 N–H and O–H groups in total. The van der Waals surface area contributed by atoms with Crippen molar-refractivity contribution < 1.29 is 27.8 Å². The molecular formula is C40H46FN5O5. The van der Waals surface area contributed by atoms with Gasteiger partial charge < -0.3 is 38.3 Å². The van der Waals surface area contributed by atoms with E-state index in [9.17, 15) is 9.18 Å². The van der Waals surface area contributed by atoms with Gasteiger partial charge in [-0.1, -0.05) is 24.3 Å². The fourth-order valence-corrected chi connectivity index (χ4v) is 7.75. The van der Waals surface area contributed by atoms with Crippen molar-refractivity contribution in [2.24, 2.45) is 0 Å². The average Bonchev–Trinajstić information content (AvgIpc) is 3.88. The van der Waals surface area contributed by atoms with Gasteiger partial charge in [0.2, 0.25) is 11.7 Å². The number of methoxy groups -OCH3 is 3. The molecule has 0 radical (unpaired) electrons. The molecule has 2 aromatic heterocycles. The molecule has 2 aliphatic heterocycles. The topological polar surface area (TPSA) is 94.2 Å². The summed E-state index contributed by atoms with van der Waals surface area (Å²) in [7, 11) is 4.62. The molecular weight excluding hydrogens is 649 g/mol. The van der Waals surface area contributed by atoms with Gasteiger partial charge in [0, 0.05) is 43.2 Å². The summed E-state index contributed by atoms with van der Waals surface area (Å²) in [5.41, 5.74) is 3.27. The zero-order valence-electron chi connectivity index (χ0n) is 29.8. The largest absolute Gasteiger partial charge is 0.493 e. The predicted molar refractivity (Wildman–Crippen MR) is 195 cm³/mol. The molecule has 2 saturated heterocycles. The van der Waals surface area contributed by atoms with Crippen molar-refractivity contribution >= 4 is 22.9 Å². The van der Waals surface area contributed by atoms with E-state index in [2.05, 4.69) is 20.9 Å². The normalized spacial score (nSPS) is 18.3. The summed E-state index contributed by atoms with van der Waals surface area (Å²) in [6.07, 6.45) is 3.61. The third-order valence-corrected chi connectivity index (χ3v) is 10.6. The molecule has 1 atom stereocenters. The monoisotopic (exact) mass is 695 g/mol. The minimum Gasteiger partial charge on any atom is -0.493 e. The quantitative estimate of drug-likeness (QED) is 0.151. The highest BCUT2D eigenvalue weighted by Gasteiger charge is 2.42. The first-order valence-corrected chi connectivity index (χ1v) is 17.6. The molecule has 268 valence electrons. The molecule has 1 amide bonds. The summed E-state index contributed by atoms with van der Waals surface area (Å²) in [4.78, 5) is 23.3. The number of aryl methyl sites for hydroxylation is 1. The van der Waals surface area contributed by atoms with Gasteiger partial charge in [-0.2, -0.15) is 0 Å². The number of likely N-dealkylation sites (tertiary alicyclic amines) is 2. The molecule has 2 aliphatic rings. The van der Waals surface area contributed by atoms with Crippen LogP contribution in [0.5, 0.6) is 17.2 Å². The number of ether oxygens (including phenoxy) is 3. The summed E-state index contributed by atoms with van der Waals surface area (Å²) < 4.78 is 38.7. The van der Waals surface area contributed by atoms with Crippen molar-refractivity contribution in [3.63, 3.8) is 0 Å². The number of benzene rings is 3. The van der Waals surface area contributed by atoms with E-state index in [1.807, 2.05) is 54.3 Å². The number of carbonyl (C=O) groups excluding carboxylic acids is 1. The number of nitrogens with one attached hydrogen (secondary N) is 1. The van der Waals surface area contributed by atoms with Crippen LogP contribution in [0, 0.1) is 12.7 Å². The number of rotatable bonds is 12. The average molecular weight is 696 g/mol. The standard InChI is InChI=1S/C40H46FN5O5/c1-27-9-14-32(51-27)25-46-34-8-6-5-7-33(34)43-39(46)42-31-15-19-44(20-16-31)21-17-40(29-10-12-30(41)13-11-29)18-22-45(26-40)38(47)28-23-35(48-2)37(50-4)36(24-28)49-3/h5-14,23-24,31H,15-22,25-26H2,1-4H3,(H,42,43). The number of carbonyl (C=O) groups is 1. The number of hydrogen-bond acceptors (Lipinski definition) is 8. The minimum atomic E-state index is -0.297. The van der Waals surface area contributed by atoms with Crippen LogP contribution in [0.1, 0.15) is 53.1 Å². The molecule has 5 aromatic rings. The Labute approximate surface area is 298 Å². The molecule has 10 nitrogen and oxygen atoms in total. The Kier molecular flexibility index (Phi) is 9.90. The second-order valence-corrected chi connectivity index (χ2v) is 13.7. The van der Waals surface area contributed by atoms with Crippen LogP contribution < -0.4 is 19.5 Å². The highest BCUT2D eigenvalue weighted by Crippen LogP contribution is 2.42. The number of halogens is 1. The lowest BCUT2D eigenvalue weighted by Gasteiger charge is -2.36. The maximum Gasteiger partial charge on any atom is 0.254 e. The van der Waals surface area contributed by atoms with Gasteiger partial charge in [-0.15, -0.1) is 0 Å². The molecule has 51 heavy (non-hydrogen) atoms. The number of anilines is 1. The molecule has 4 heterocycles. The summed E-state index contributed by atoms with van der Waals surface area (Å²) >= 11 is 0. The van der Waals surface area contributed by atoms with Gasteiger partial charge in [0.1, 0.15) is 17.3 Å². The molecule has 1 unspecified atom stereocenters. The van der Waals surface area contributed by atoms with Gasteiger partial charge in [0.15, 0.2) is 11.5 Å². The maximum atomic E-state index is 14.1. The van der Waals surface area contributed by atoms with Gasteiger partial charge in [-0.25, -0.2) is 9.37 Å². The number of nitrogens with zero attached hydrogens (tertiary/aromatic N) is 4.